The number of ether oxygens (including phenoxy) is 1. The highest BCUT2D eigenvalue weighted by Gasteiger charge is 2.44. The van der Waals surface area contributed by atoms with Crippen LogP contribution in [0.25, 0.3) is 0 Å². The Morgan fingerprint density at radius 1 is 0.833 bits per heavy atom. The molecule has 0 spiro atoms. The second-order valence-electron chi connectivity index (χ2n) is 8.00. The van der Waals surface area contributed by atoms with Gasteiger partial charge < -0.3 is 14.9 Å². The summed E-state index contributed by atoms with van der Waals surface area (Å²) in [6, 6.07) is 0. The largest absolute Gasteiger partial charge is 0.396 e. The van der Waals surface area contributed by atoms with Crippen LogP contribution in [-0.4, -0.2) is 35.1 Å². The highest BCUT2D eigenvalue weighted by Crippen LogP contribution is 2.34. The summed E-state index contributed by atoms with van der Waals surface area (Å²) >= 11 is 0. The molecule has 0 aromatic carbocycles. The van der Waals surface area contributed by atoms with Gasteiger partial charge in [-0.2, -0.15) is 0 Å². The van der Waals surface area contributed by atoms with Crippen LogP contribution in [0.1, 0.15) is 104 Å². The third-order valence-corrected chi connectivity index (χ3v) is 5.71. The van der Waals surface area contributed by atoms with Gasteiger partial charge in [-0.15, -0.1) is 0 Å². The molecule has 1 aliphatic rings. The minimum absolute atomic E-state index is 0.0232. The smallest absolute Gasteiger partial charge is 0.0916 e. The van der Waals surface area contributed by atoms with Gasteiger partial charge in [-0.1, -0.05) is 90.4 Å². The van der Waals surface area contributed by atoms with E-state index in [1.54, 1.807) is 0 Å². The van der Waals surface area contributed by atoms with Crippen LogP contribution in [0.4, 0.5) is 0 Å². The average Bonchev–Trinajstić information content (AvgIpc) is 2.87. The Morgan fingerprint density at radius 3 is 1.71 bits per heavy atom. The van der Waals surface area contributed by atoms with Crippen molar-refractivity contribution in [3.05, 3.63) is 0 Å². The van der Waals surface area contributed by atoms with E-state index in [4.69, 9.17) is 4.74 Å². The summed E-state index contributed by atoms with van der Waals surface area (Å²) < 4.78 is 5.75. The minimum Gasteiger partial charge on any atom is -0.396 e. The molecule has 0 aliphatic carbocycles. The Hall–Kier alpha value is -0.120. The predicted octanol–water partition coefficient (Wildman–Crippen LogP) is 5.23. The van der Waals surface area contributed by atoms with Crippen LogP contribution in [0.2, 0.25) is 0 Å². The van der Waals surface area contributed by atoms with Gasteiger partial charge in [0.15, 0.2) is 0 Å². The van der Waals surface area contributed by atoms with Gasteiger partial charge in [-0.3, -0.25) is 0 Å². The van der Waals surface area contributed by atoms with Crippen LogP contribution in [0.3, 0.4) is 0 Å². The Labute approximate surface area is 150 Å². The first kappa shape index (κ1) is 21.9. The standard InChI is InChI=1S/C21H42O3/c1-3-4-5-6-7-8-9-10-11-12-13-14-15-16-21(2)20(23)19(17-22)18-24-21/h19-20,22-23H,3-18H2,1-2H3/t19-,20+,21-/m1/s1. The Kier molecular flexibility index (Phi) is 12.0. The van der Waals surface area contributed by atoms with Crippen LogP contribution in [0.15, 0.2) is 0 Å². The number of unbranched alkanes of at least 4 members (excludes halogenated alkanes) is 12. The van der Waals surface area contributed by atoms with Gasteiger partial charge in [-0.25, -0.2) is 0 Å². The van der Waals surface area contributed by atoms with Crippen molar-refractivity contribution >= 4 is 0 Å². The molecule has 3 heteroatoms. The molecule has 0 aromatic rings. The van der Waals surface area contributed by atoms with Crippen LogP contribution >= 0.6 is 0 Å². The monoisotopic (exact) mass is 342 g/mol. The van der Waals surface area contributed by atoms with E-state index in [2.05, 4.69) is 6.92 Å². The quantitative estimate of drug-likeness (QED) is 0.401. The lowest BCUT2D eigenvalue weighted by molar-refractivity contribution is -0.0539. The molecule has 1 fully saturated rings. The van der Waals surface area contributed by atoms with Crippen molar-refractivity contribution in [3.63, 3.8) is 0 Å². The highest BCUT2D eigenvalue weighted by atomic mass is 16.5. The topological polar surface area (TPSA) is 49.7 Å². The summed E-state index contributed by atoms with van der Waals surface area (Å²) in [7, 11) is 0. The summed E-state index contributed by atoms with van der Waals surface area (Å²) in [5, 5.41) is 19.4. The van der Waals surface area contributed by atoms with Gasteiger partial charge in [0, 0.05) is 5.92 Å². The number of hydrogen-bond acceptors (Lipinski definition) is 3. The maximum atomic E-state index is 10.2. The van der Waals surface area contributed by atoms with Crippen molar-refractivity contribution in [2.75, 3.05) is 13.2 Å². The van der Waals surface area contributed by atoms with Crippen LogP contribution in [-0.2, 0) is 4.74 Å². The maximum absolute atomic E-state index is 10.2. The molecule has 1 saturated heterocycles. The number of hydrogen-bond donors (Lipinski definition) is 2. The van der Waals surface area contributed by atoms with E-state index in [0.717, 1.165) is 12.8 Å². The maximum Gasteiger partial charge on any atom is 0.0916 e. The Bertz CT molecular complexity index is 295. The zero-order valence-electron chi connectivity index (χ0n) is 16.3. The Morgan fingerprint density at radius 2 is 1.29 bits per heavy atom. The van der Waals surface area contributed by atoms with Gasteiger partial charge >= 0.3 is 0 Å². The van der Waals surface area contributed by atoms with Crippen LogP contribution in [0.5, 0.6) is 0 Å². The number of aliphatic hydroxyl groups is 2. The van der Waals surface area contributed by atoms with Crippen molar-refractivity contribution in [2.24, 2.45) is 5.92 Å². The minimum atomic E-state index is -0.514. The second-order valence-corrected chi connectivity index (χ2v) is 8.00. The van der Waals surface area contributed by atoms with Gasteiger partial charge in [-0.05, 0) is 13.3 Å². The second kappa shape index (κ2) is 13.1. The van der Waals surface area contributed by atoms with Gasteiger partial charge in [0.25, 0.3) is 0 Å². The zero-order valence-corrected chi connectivity index (χ0v) is 16.3. The summed E-state index contributed by atoms with van der Waals surface area (Å²) in [4.78, 5) is 0. The lowest BCUT2D eigenvalue weighted by atomic mass is 9.88. The number of rotatable bonds is 15. The van der Waals surface area contributed by atoms with Crippen LogP contribution in [0, 0.1) is 5.92 Å². The highest BCUT2D eigenvalue weighted by molar-refractivity contribution is 4.93. The first-order chi connectivity index (χ1) is 11.6. The molecule has 2 N–H and O–H groups in total. The molecule has 1 aliphatic heterocycles. The molecule has 0 saturated carbocycles. The molecule has 0 bridgehead atoms. The van der Waals surface area contributed by atoms with E-state index < -0.39 is 11.7 Å². The molecular formula is C21H42O3. The Balaban J connectivity index is 1.87. The third kappa shape index (κ3) is 8.31. The summed E-state index contributed by atoms with van der Waals surface area (Å²) in [6.45, 7) is 4.78. The van der Waals surface area contributed by atoms with Crippen molar-refractivity contribution in [2.45, 2.75) is 115 Å². The van der Waals surface area contributed by atoms with E-state index in [-0.39, 0.29) is 12.5 Å². The van der Waals surface area contributed by atoms with E-state index in [1.165, 1.54) is 77.0 Å². The van der Waals surface area contributed by atoms with E-state index in [0.29, 0.717) is 6.61 Å². The van der Waals surface area contributed by atoms with Crippen molar-refractivity contribution < 1.29 is 14.9 Å². The molecular weight excluding hydrogens is 300 g/mol. The molecule has 0 unspecified atom stereocenters. The van der Waals surface area contributed by atoms with Crippen LogP contribution < -0.4 is 0 Å². The van der Waals surface area contributed by atoms with Crippen molar-refractivity contribution in [1.82, 2.24) is 0 Å². The van der Waals surface area contributed by atoms with E-state index >= 15 is 0 Å². The van der Waals surface area contributed by atoms with E-state index in [1.807, 2.05) is 6.92 Å². The summed E-state index contributed by atoms with van der Waals surface area (Å²) in [5.41, 5.74) is -0.439. The molecule has 1 rings (SSSR count). The lowest BCUT2D eigenvalue weighted by Gasteiger charge is -2.28. The van der Waals surface area contributed by atoms with Gasteiger partial charge in [0.2, 0.25) is 0 Å². The van der Waals surface area contributed by atoms with E-state index in [9.17, 15) is 10.2 Å². The fraction of sp³-hybridized carbons (Fsp3) is 1.00. The molecule has 144 valence electrons. The SMILES string of the molecule is CCCCCCCCCCCCCCC[C@@]1(C)OC[C@@H](CO)[C@@H]1O. The fourth-order valence-electron chi connectivity index (χ4n) is 3.84. The first-order valence-electron chi connectivity index (χ1n) is 10.6. The average molecular weight is 343 g/mol. The van der Waals surface area contributed by atoms with Gasteiger partial charge in [0.1, 0.15) is 0 Å². The first-order valence-corrected chi connectivity index (χ1v) is 10.6. The molecule has 0 amide bonds. The zero-order chi connectivity index (χ0) is 17.7. The molecule has 3 atom stereocenters. The molecule has 0 radical (unpaired) electrons. The fourth-order valence-corrected chi connectivity index (χ4v) is 3.84. The lowest BCUT2D eigenvalue weighted by Crippen LogP contribution is -2.39. The molecule has 3 nitrogen and oxygen atoms in total. The van der Waals surface area contributed by atoms with Gasteiger partial charge in [0.05, 0.1) is 24.9 Å². The molecule has 24 heavy (non-hydrogen) atoms. The van der Waals surface area contributed by atoms with Crippen molar-refractivity contribution in [3.8, 4) is 0 Å². The number of aliphatic hydroxyl groups excluding tert-OH is 2. The normalized spacial score (nSPS) is 27.0. The summed E-state index contributed by atoms with van der Waals surface area (Å²) in [5.74, 6) is -0.100. The summed E-state index contributed by atoms with van der Waals surface area (Å²) in [6.07, 6.45) is 18.0. The molecule has 1 heterocycles. The van der Waals surface area contributed by atoms with Crippen molar-refractivity contribution in [1.29, 1.82) is 0 Å². The molecule has 0 aromatic heterocycles. The third-order valence-electron chi connectivity index (χ3n) is 5.71. The predicted molar refractivity (Wildman–Crippen MR) is 101 cm³/mol.